The molecule has 1 aliphatic heterocycles. The van der Waals surface area contributed by atoms with Gasteiger partial charge in [0.15, 0.2) is 0 Å². The number of rotatable bonds is 7. The average Bonchev–Trinajstić information content (AvgIpc) is 3.57. The molecule has 2 bridgehead atoms. The minimum atomic E-state index is -0.0280. The lowest BCUT2D eigenvalue weighted by molar-refractivity contribution is -0.137. The number of amides is 2. The van der Waals surface area contributed by atoms with Crippen LogP contribution >= 0.6 is 0 Å². The Morgan fingerprint density at radius 1 is 1.12 bits per heavy atom. The molecule has 3 unspecified atom stereocenters. The van der Waals surface area contributed by atoms with Crippen LogP contribution in [0.1, 0.15) is 75.1 Å². The highest BCUT2D eigenvalue weighted by Crippen LogP contribution is 2.53. The van der Waals surface area contributed by atoms with Gasteiger partial charge in [0.2, 0.25) is 5.91 Å². The van der Waals surface area contributed by atoms with E-state index < -0.39 is 0 Å². The number of fused-ring (bicyclic) bond motifs is 2. The van der Waals surface area contributed by atoms with E-state index in [2.05, 4.69) is 24.4 Å². The third-order valence-corrected chi connectivity index (χ3v) is 8.63. The minimum absolute atomic E-state index is 0.0280. The van der Waals surface area contributed by atoms with Gasteiger partial charge < -0.3 is 15.0 Å². The van der Waals surface area contributed by atoms with Crippen LogP contribution in [-0.2, 0) is 4.79 Å². The van der Waals surface area contributed by atoms with Gasteiger partial charge >= 0.3 is 0 Å². The summed E-state index contributed by atoms with van der Waals surface area (Å²) in [7, 11) is 0. The minimum Gasteiger partial charge on any atom is -0.490 e. The Labute approximate surface area is 197 Å². The predicted octanol–water partition coefficient (Wildman–Crippen LogP) is 4.97. The van der Waals surface area contributed by atoms with E-state index in [9.17, 15) is 9.59 Å². The lowest BCUT2D eigenvalue weighted by atomic mass is 9.75. The van der Waals surface area contributed by atoms with Crippen LogP contribution in [0.2, 0.25) is 0 Å². The molecule has 0 radical (unpaired) electrons. The molecule has 1 N–H and O–H groups in total. The van der Waals surface area contributed by atoms with Gasteiger partial charge in [0.05, 0.1) is 0 Å². The summed E-state index contributed by atoms with van der Waals surface area (Å²) in [5.74, 6) is 2.74. The van der Waals surface area contributed by atoms with E-state index in [1.165, 1.54) is 25.7 Å². The van der Waals surface area contributed by atoms with Crippen LogP contribution in [0.25, 0.3) is 0 Å². The lowest BCUT2D eigenvalue weighted by Crippen LogP contribution is -2.44. The third-order valence-electron chi connectivity index (χ3n) is 8.63. The van der Waals surface area contributed by atoms with E-state index in [0.717, 1.165) is 56.9 Å². The number of nitrogens with one attached hydrogen (secondary N) is 1. The highest BCUT2D eigenvalue weighted by molar-refractivity contribution is 5.94. The Hall–Kier alpha value is -2.30. The van der Waals surface area contributed by atoms with Crippen molar-refractivity contribution in [2.75, 3.05) is 19.6 Å². The number of ether oxygens (including phenoxy) is 1. The normalized spacial score (nSPS) is 29.5. The Balaban J connectivity index is 1.08. The molecule has 0 spiro atoms. The maximum absolute atomic E-state index is 12.7. The molecule has 33 heavy (non-hydrogen) atoms. The van der Waals surface area contributed by atoms with Crippen LogP contribution in [0.4, 0.5) is 0 Å². The second-order valence-corrected chi connectivity index (χ2v) is 11.0. The van der Waals surface area contributed by atoms with Gasteiger partial charge in [0.25, 0.3) is 5.91 Å². The summed E-state index contributed by atoms with van der Waals surface area (Å²) in [6.07, 6.45) is 14.6. The van der Waals surface area contributed by atoms with Gasteiger partial charge in [-0.15, -0.1) is 0 Å². The summed E-state index contributed by atoms with van der Waals surface area (Å²) in [4.78, 5) is 27.4. The smallest absolute Gasteiger partial charge is 0.251 e. The Morgan fingerprint density at radius 2 is 1.91 bits per heavy atom. The fourth-order valence-electron chi connectivity index (χ4n) is 6.57. The molecule has 1 aromatic carbocycles. The number of nitrogens with zero attached hydrogens (tertiary/aromatic N) is 1. The molecular weight excluding hydrogens is 412 g/mol. The van der Waals surface area contributed by atoms with Crippen LogP contribution in [0.5, 0.6) is 5.75 Å². The van der Waals surface area contributed by atoms with Crippen molar-refractivity contribution in [2.24, 2.45) is 23.2 Å². The van der Waals surface area contributed by atoms with Gasteiger partial charge in [0.1, 0.15) is 11.9 Å². The van der Waals surface area contributed by atoms with Gasteiger partial charge in [0, 0.05) is 44.0 Å². The largest absolute Gasteiger partial charge is 0.490 e. The maximum atomic E-state index is 12.7. The second-order valence-electron chi connectivity index (χ2n) is 11.0. The number of hydrogen-bond donors (Lipinski definition) is 1. The molecule has 2 amide bonds. The number of carbonyl (C=O) groups is 2. The number of carbonyl (C=O) groups excluding carboxylic acids is 2. The number of likely N-dealkylation sites (tertiary alicyclic amines) is 1. The van der Waals surface area contributed by atoms with Crippen molar-refractivity contribution in [3.05, 3.63) is 42.0 Å². The van der Waals surface area contributed by atoms with Crippen molar-refractivity contribution < 1.29 is 14.3 Å². The van der Waals surface area contributed by atoms with Crippen molar-refractivity contribution >= 4 is 11.8 Å². The Morgan fingerprint density at radius 3 is 2.61 bits per heavy atom. The molecule has 1 saturated heterocycles. The molecule has 1 aromatic rings. The van der Waals surface area contributed by atoms with Gasteiger partial charge in [-0.3, -0.25) is 9.59 Å². The van der Waals surface area contributed by atoms with Crippen molar-refractivity contribution in [1.29, 1.82) is 0 Å². The first-order chi connectivity index (χ1) is 16.0. The fraction of sp³-hybridized carbons (Fsp3) is 0.643. The molecule has 178 valence electrons. The molecular formula is C28H38N2O3. The van der Waals surface area contributed by atoms with Crippen molar-refractivity contribution in [3.63, 3.8) is 0 Å². The quantitative estimate of drug-likeness (QED) is 0.597. The van der Waals surface area contributed by atoms with Crippen molar-refractivity contribution in [1.82, 2.24) is 10.2 Å². The van der Waals surface area contributed by atoms with E-state index in [0.29, 0.717) is 29.3 Å². The van der Waals surface area contributed by atoms with Gasteiger partial charge in [-0.2, -0.15) is 0 Å². The van der Waals surface area contributed by atoms with Crippen LogP contribution in [0.15, 0.2) is 36.4 Å². The van der Waals surface area contributed by atoms with Crippen molar-refractivity contribution in [2.45, 2.75) is 70.8 Å². The highest BCUT2D eigenvalue weighted by atomic mass is 16.5. The summed E-state index contributed by atoms with van der Waals surface area (Å²) in [6.45, 7) is 4.63. The highest BCUT2D eigenvalue weighted by Gasteiger charge is 2.44. The first-order valence-corrected chi connectivity index (χ1v) is 13.0. The molecule has 2 saturated carbocycles. The molecule has 4 aliphatic rings. The topological polar surface area (TPSA) is 58.6 Å². The first kappa shape index (κ1) is 22.5. The maximum Gasteiger partial charge on any atom is 0.251 e. The SMILES string of the molecule is CC1(CCNC(=O)c2cccc(OC3CCN(C(=O)C4CCCC4)CC3)c2)CC2C=CC1C2. The molecule has 1 heterocycles. The van der Waals surface area contributed by atoms with Crippen LogP contribution in [-0.4, -0.2) is 42.5 Å². The van der Waals surface area contributed by atoms with Crippen LogP contribution < -0.4 is 10.1 Å². The van der Waals surface area contributed by atoms with Crippen LogP contribution in [0, 0.1) is 23.2 Å². The summed E-state index contributed by atoms with van der Waals surface area (Å²) in [6, 6.07) is 7.53. The number of piperidine rings is 1. The standard InChI is InChI=1S/C28H38N2O3/c1-28(19-20-9-10-23(28)17-20)13-14-29-26(31)22-7-4-8-25(18-22)33-24-11-15-30(16-12-24)27(32)21-5-2-3-6-21/h4,7-10,18,20-21,23-24H,2-3,5-6,11-17,19H2,1H3,(H,29,31). The van der Waals surface area contributed by atoms with Gasteiger partial charge in [-0.1, -0.05) is 38.0 Å². The van der Waals surface area contributed by atoms with Crippen molar-refractivity contribution in [3.8, 4) is 5.75 Å². The molecule has 5 rings (SSSR count). The number of allylic oxidation sites excluding steroid dienone is 2. The van der Waals surface area contributed by atoms with E-state index in [1.807, 2.05) is 29.2 Å². The predicted molar refractivity (Wildman–Crippen MR) is 129 cm³/mol. The monoisotopic (exact) mass is 450 g/mol. The van der Waals surface area contributed by atoms with Gasteiger partial charge in [-0.25, -0.2) is 0 Å². The Bertz CT molecular complexity index is 898. The number of benzene rings is 1. The zero-order chi connectivity index (χ0) is 22.8. The fourth-order valence-corrected chi connectivity index (χ4v) is 6.57. The van der Waals surface area contributed by atoms with E-state index in [4.69, 9.17) is 4.74 Å². The van der Waals surface area contributed by atoms with E-state index in [-0.39, 0.29) is 17.9 Å². The summed E-state index contributed by atoms with van der Waals surface area (Å²) < 4.78 is 6.21. The average molecular weight is 451 g/mol. The van der Waals surface area contributed by atoms with Crippen LogP contribution in [0.3, 0.4) is 0 Å². The number of hydrogen-bond acceptors (Lipinski definition) is 3. The van der Waals surface area contributed by atoms with Gasteiger partial charge in [-0.05, 0) is 67.6 Å². The third kappa shape index (κ3) is 4.97. The second kappa shape index (κ2) is 9.52. The molecule has 5 heteroatoms. The molecule has 3 fully saturated rings. The molecule has 3 aliphatic carbocycles. The van der Waals surface area contributed by atoms with E-state index >= 15 is 0 Å². The zero-order valence-corrected chi connectivity index (χ0v) is 19.9. The summed E-state index contributed by atoms with van der Waals surface area (Å²) >= 11 is 0. The first-order valence-electron chi connectivity index (χ1n) is 13.0. The summed E-state index contributed by atoms with van der Waals surface area (Å²) in [5, 5.41) is 3.12. The molecule has 0 aromatic heterocycles. The Kier molecular flexibility index (Phi) is 6.49. The zero-order valence-electron chi connectivity index (χ0n) is 19.9. The lowest BCUT2D eigenvalue weighted by Gasteiger charge is -2.33. The molecule has 5 nitrogen and oxygen atoms in total. The summed E-state index contributed by atoms with van der Waals surface area (Å²) in [5.41, 5.74) is 0.977. The molecule has 3 atom stereocenters. The van der Waals surface area contributed by atoms with E-state index in [1.54, 1.807) is 0 Å².